The van der Waals surface area contributed by atoms with E-state index < -0.39 is 28.2 Å². The van der Waals surface area contributed by atoms with Crippen molar-refractivity contribution in [3.05, 3.63) is 74.1 Å². The van der Waals surface area contributed by atoms with Crippen molar-refractivity contribution < 1.29 is 19.2 Å². The van der Waals surface area contributed by atoms with Crippen LogP contribution >= 0.6 is 0 Å². The van der Waals surface area contributed by atoms with Gasteiger partial charge < -0.3 is 20.7 Å². The first-order valence-electron chi connectivity index (χ1n) is 10.2. The normalized spacial score (nSPS) is 14.5. The lowest BCUT2D eigenvalue weighted by Crippen LogP contribution is -2.36. The highest BCUT2D eigenvalue weighted by Gasteiger charge is 2.35. The lowest BCUT2D eigenvalue weighted by atomic mass is 9.92. The van der Waals surface area contributed by atoms with Crippen molar-refractivity contribution in [2.24, 2.45) is 0 Å². The molecule has 1 atom stereocenters. The van der Waals surface area contributed by atoms with Crippen LogP contribution in [0.1, 0.15) is 23.5 Å². The summed E-state index contributed by atoms with van der Waals surface area (Å²) >= 11 is 0. The molecule has 0 fully saturated rings. The van der Waals surface area contributed by atoms with Gasteiger partial charge in [-0.25, -0.2) is 0 Å². The zero-order valence-electron chi connectivity index (χ0n) is 18.2. The first-order chi connectivity index (χ1) is 16.2. The summed E-state index contributed by atoms with van der Waals surface area (Å²) in [6.45, 7) is 1.58. The number of aromatic amines is 1. The first-order valence-corrected chi connectivity index (χ1v) is 10.2. The molecule has 2 aromatic carbocycles. The molecule has 0 bridgehead atoms. The molecule has 2 heterocycles. The lowest BCUT2D eigenvalue weighted by Gasteiger charge is -2.23. The number of amides is 2. The van der Waals surface area contributed by atoms with Crippen molar-refractivity contribution in [1.29, 1.82) is 0 Å². The maximum absolute atomic E-state index is 13.0. The van der Waals surface area contributed by atoms with E-state index in [0.717, 1.165) is 0 Å². The Kier molecular flexibility index (Phi) is 5.95. The lowest BCUT2D eigenvalue weighted by molar-refractivity contribution is -0.385. The first kappa shape index (κ1) is 22.5. The van der Waals surface area contributed by atoms with Gasteiger partial charge >= 0.3 is 0 Å². The minimum atomic E-state index is -1.13. The predicted octanol–water partition coefficient (Wildman–Crippen LogP) is 2.80. The zero-order chi connectivity index (χ0) is 24.4. The fraction of sp³-hybridized carbons (Fsp3) is 0.182. The number of methoxy groups -OCH3 is 1. The van der Waals surface area contributed by atoms with E-state index >= 15 is 0 Å². The van der Waals surface area contributed by atoms with E-state index in [1.165, 1.54) is 18.2 Å². The Hall–Kier alpha value is -4.74. The molecule has 1 aliphatic heterocycles. The summed E-state index contributed by atoms with van der Waals surface area (Å²) in [5, 5.41) is 19.2. The van der Waals surface area contributed by atoms with Crippen LogP contribution in [0.2, 0.25) is 0 Å². The van der Waals surface area contributed by atoms with E-state index in [2.05, 4.69) is 25.9 Å². The molecule has 0 aliphatic carbocycles. The van der Waals surface area contributed by atoms with Crippen LogP contribution < -0.4 is 26.2 Å². The van der Waals surface area contributed by atoms with Gasteiger partial charge in [0.25, 0.3) is 11.2 Å². The Balaban J connectivity index is 1.61. The maximum atomic E-state index is 13.0. The van der Waals surface area contributed by atoms with E-state index in [1.54, 1.807) is 38.3 Å². The number of nitrogens with one attached hydrogen (secondary N) is 4. The molecule has 4 rings (SSSR count). The number of rotatable bonds is 6. The molecule has 0 saturated heterocycles. The van der Waals surface area contributed by atoms with Crippen LogP contribution in [-0.2, 0) is 9.59 Å². The second kappa shape index (κ2) is 9.02. The molecule has 174 valence electrons. The summed E-state index contributed by atoms with van der Waals surface area (Å²) in [5.41, 5.74) is 0.463. The summed E-state index contributed by atoms with van der Waals surface area (Å²) in [6.07, 6.45) is -0.275. The van der Waals surface area contributed by atoms with Gasteiger partial charge in [-0.15, -0.1) is 0 Å². The summed E-state index contributed by atoms with van der Waals surface area (Å²) in [7, 11) is 1.54. The molecule has 0 radical (unpaired) electrons. The number of aromatic nitrogens is 2. The topological polar surface area (TPSA) is 168 Å². The number of nitrogens with zero attached hydrogens (tertiary/aromatic N) is 2. The third-order valence-corrected chi connectivity index (χ3v) is 5.29. The molecule has 12 heteroatoms. The van der Waals surface area contributed by atoms with Crippen molar-refractivity contribution in [2.75, 3.05) is 23.1 Å². The van der Waals surface area contributed by atoms with Gasteiger partial charge in [0.1, 0.15) is 11.6 Å². The fourth-order valence-corrected chi connectivity index (χ4v) is 3.58. The molecule has 0 unspecified atom stereocenters. The quantitative estimate of drug-likeness (QED) is 0.319. The van der Waals surface area contributed by atoms with Gasteiger partial charge in [-0.1, -0.05) is 6.07 Å². The third-order valence-electron chi connectivity index (χ3n) is 5.29. The van der Waals surface area contributed by atoms with Crippen LogP contribution in [-0.4, -0.2) is 33.8 Å². The molecular formula is C22H20N6O6. The molecule has 4 N–H and O–H groups in total. The van der Waals surface area contributed by atoms with Crippen molar-refractivity contribution >= 4 is 40.6 Å². The number of nitro groups is 1. The SMILES string of the molecule is COc1ccc(Nc2nc3c(c(=O)[nH]2)[C@@H](C(=O)Nc2ccc(C)c([N+](=O)[O-])c2)CC(=O)N3)cc1. The highest BCUT2D eigenvalue weighted by Crippen LogP contribution is 2.31. The number of hydrogen-bond acceptors (Lipinski definition) is 8. The van der Waals surface area contributed by atoms with Gasteiger partial charge in [0.15, 0.2) is 0 Å². The van der Waals surface area contributed by atoms with Gasteiger partial charge in [-0.3, -0.25) is 29.5 Å². The molecule has 3 aromatic rings. The number of carbonyl (C=O) groups excluding carboxylic acids is 2. The van der Waals surface area contributed by atoms with Gasteiger partial charge in [0.05, 0.1) is 23.5 Å². The van der Waals surface area contributed by atoms with Crippen LogP contribution in [0.15, 0.2) is 47.3 Å². The molecule has 12 nitrogen and oxygen atoms in total. The van der Waals surface area contributed by atoms with E-state index in [-0.39, 0.29) is 35.1 Å². The highest BCUT2D eigenvalue weighted by atomic mass is 16.6. The van der Waals surface area contributed by atoms with E-state index in [1.807, 2.05) is 0 Å². The van der Waals surface area contributed by atoms with E-state index in [9.17, 15) is 24.5 Å². The summed E-state index contributed by atoms with van der Waals surface area (Å²) in [4.78, 5) is 55.5. The Morgan fingerprint density at radius 2 is 1.88 bits per heavy atom. The molecule has 34 heavy (non-hydrogen) atoms. The van der Waals surface area contributed by atoms with Crippen LogP contribution in [0.3, 0.4) is 0 Å². The predicted molar refractivity (Wildman–Crippen MR) is 124 cm³/mol. The molecule has 2 amide bonds. The fourth-order valence-electron chi connectivity index (χ4n) is 3.58. The number of ether oxygens (including phenoxy) is 1. The number of hydrogen-bond donors (Lipinski definition) is 4. The number of aryl methyl sites for hydroxylation is 1. The molecule has 1 aromatic heterocycles. The minimum absolute atomic E-state index is 0.000933. The summed E-state index contributed by atoms with van der Waals surface area (Å²) in [6, 6.07) is 11.1. The van der Waals surface area contributed by atoms with E-state index in [4.69, 9.17) is 4.74 Å². The molecule has 0 saturated carbocycles. The smallest absolute Gasteiger partial charge is 0.274 e. The van der Waals surface area contributed by atoms with Crippen molar-refractivity contribution in [2.45, 2.75) is 19.3 Å². The average molecular weight is 464 g/mol. The van der Waals surface area contributed by atoms with E-state index in [0.29, 0.717) is 17.0 Å². The molecule has 0 spiro atoms. The third kappa shape index (κ3) is 4.55. The summed E-state index contributed by atoms with van der Waals surface area (Å²) in [5.74, 6) is -1.59. The van der Waals surface area contributed by atoms with Crippen LogP contribution in [0.4, 0.5) is 28.8 Å². The Morgan fingerprint density at radius 3 is 2.56 bits per heavy atom. The zero-order valence-corrected chi connectivity index (χ0v) is 18.2. The monoisotopic (exact) mass is 464 g/mol. The molecular weight excluding hydrogens is 444 g/mol. The Labute approximate surface area is 192 Å². The van der Waals surface area contributed by atoms with Gasteiger partial charge in [0.2, 0.25) is 17.8 Å². The van der Waals surface area contributed by atoms with Gasteiger partial charge in [-0.2, -0.15) is 4.98 Å². The Bertz CT molecular complexity index is 1350. The number of fused-ring (bicyclic) bond motifs is 1. The number of nitro benzene ring substituents is 1. The summed E-state index contributed by atoms with van der Waals surface area (Å²) < 4.78 is 5.11. The largest absolute Gasteiger partial charge is 0.497 e. The number of carbonyl (C=O) groups is 2. The van der Waals surface area contributed by atoms with Crippen molar-refractivity contribution in [3.63, 3.8) is 0 Å². The number of H-pyrrole nitrogens is 1. The highest BCUT2D eigenvalue weighted by molar-refractivity contribution is 6.04. The second-order valence-corrected chi connectivity index (χ2v) is 7.58. The second-order valence-electron chi connectivity index (χ2n) is 7.58. The standard InChI is InChI=1S/C22H20N6O6/c1-11-3-4-13(9-16(11)28(32)33)23-20(30)15-10-17(29)25-19-18(15)21(31)27-22(26-19)24-12-5-7-14(34-2)8-6-12/h3-9,15H,10H2,1-2H3,(H,23,30)(H3,24,25,26,27,29,31)/t15-/m0/s1. The van der Waals surface area contributed by atoms with Gasteiger partial charge in [0, 0.05) is 29.4 Å². The maximum Gasteiger partial charge on any atom is 0.274 e. The number of anilines is 4. The average Bonchev–Trinajstić information content (AvgIpc) is 2.79. The number of benzene rings is 2. The minimum Gasteiger partial charge on any atom is -0.497 e. The Morgan fingerprint density at radius 1 is 1.18 bits per heavy atom. The van der Waals surface area contributed by atoms with Crippen LogP contribution in [0, 0.1) is 17.0 Å². The molecule has 1 aliphatic rings. The van der Waals surface area contributed by atoms with Gasteiger partial charge in [-0.05, 0) is 37.3 Å². The van der Waals surface area contributed by atoms with Crippen LogP contribution in [0.25, 0.3) is 0 Å². The van der Waals surface area contributed by atoms with Crippen molar-refractivity contribution in [1.82, 2.24) is 9.97 Å². The van der Waals surface area contributed by atoms with Crippen molar-refractivity contribution in [3.8, 4) is 5.75 Å². The van der Waals surface area contributed by atoms with Crippen LogP contribution in [0.5, 0.6) is 5.75 Å².